The highest BCUT2D eigenvalue weighted by Gasteiger charge is 2.37. The smallest absolute Gasteiger partial charge is 0.217 e. The van der Waals surface area contributed by atoms with Crippen LogP contribution in [0, 0.1) is 0 Å². The summed E-state index contributed by atoms with van der Waals surface area (Å²) in [6.07, 6.45) is 0. The highest BCUT2D eigenvalue weighted by molar-refractivity contribution is 5.65. The third-order valence-corrected chi connectivity index (χ3v) is 4.34. The normalized spacial score (nSPS) is 15.7. The predicted molar refractivity (Wildman–Crippen MR) is 120 cm³/mol. The Balaban J connectivity index is 3.23. The van der Waals surface area contributed by atoms with Crippen molar-refractivity contribution in [2.75, 3.05) is 0 Å². The zero-order valence-electron chi connectivity index (χ0n) is 23.8. The lowest BCUT2D eigenvalue weighted by Gasteiger charge is -2.17. The third kappa shape index (κ3) is 5.21. The molecule has 0 radical (unpaired) electrons. The summed E-state index contributed by atoms with van der Waals surface area (Å²) >= 11 is 0. The summed E-state index contributed by atoms with van der Waals surface area (Å²) in [5, 5.41) is 0. The van der Waals surface area contributed by atoms with Crippen LogP contribution in [-0.4, -0.2) is 0 Å². The van der Waals surface area contributed by atoms with E-state index in [1.807, 2.05) is 83.1 Å². The van der Waals surface area contributed by atoms with Crippen LogP contribution in [0.2, 0.25) is 0 Å². The second-order valence-electron chi connectivity index (χ2n) is 11.8. The molecule has 2 nitrogen and oxygen atoms in total. The molecule has 0 saturated carbocycles. The van der Waals surface area contributed by atoms with E-state index in [0.29, 0.717) is 23.0 Å². The van der Waals surface area contributed by atoms with E-state index in [2.05, 4.69) is 0 Å². The van der Waals surface area contributed by atoms with Crippen molar-refractivity contribution in [2.45, 2.75) is 105 Å². The van der Waals surface area contributed by atoms with E-state index in [0.717, 1.165) is 0 Å². The van der Waals surface area contributed by atoms with E-state index in [4.69, 9.17) is 14.3 Å². The average Bonchev–Trinajstić information content (AvgIpc) is 2.52. The van der Waals surface area contributed by atoms with Gasteiger partial charge in [0.05, 0.1) is 27.1 Å². The highest BCUT2D eigenvalue weighted by Crippen LogP contribution is 2.37. The quantitative estimate of drug-likeness (QED) is 0.458. The van der Waals surface area contributed by atoms with Gasteiger partial charge in [-0.25, -0.2) is 8.83 Å². The lowest BCUT2D eigenvalue weighted by atomic mass is 9.85. The molecule has 0 spiro atoms. The SMILES string of the molecule is [2H]c1c(C(C)(C)C)[o+]c(C(C)(C)C)c([2H])c1-c1c([2H])c(C(C)(C)C)[o+]c(C(C)(C)C)c1[2H]. The summed E-state index contributed by atoms with van der Waals surface area (Å²) < 4.78 is 48.4. The van der Waals surface area contributed by atoms with Crippen LogP contribution in [-0.2, 0) is 21.7 Å². The lowest BCUT2D eigenvalue weighted by molar-refractivity contribution is 0.327. The zero-order chi connectivity index (χ0) is 25.2. The molecule has 2 aromatic rings. The second-order valence-corrected chi connectivity index (χ2v) is 11.8. The van der Waals surface area contributed by atoms with Gasteiger partial charge in [0.2, 0.25) is 0 Å². The van der Waals surface area contributed by atoms with Crippen LogP contribution in [0.15, 0.2) is 33.0 Å². The number of hydrogen-bond acceptors (Lipinski definition) is 0. The number of rotatable bonds is 1. The molecule has 0 atom stereocenters. The van der Waals surface area contributed by atoms with Crippen LogP contribution in [0.25, 0.3) is 11.1 Å². The van der Waals surface area contributed by atoms with Crippen molar-refractivity contribution in [3.63, 3.8) is 0 Å². The van der Waals surface area contributed by atoms with Gasteiger partial charge < -0.3 is 0 Å². The fourth-order valence-electron chi connectivity index (χ4n) is 2.44. The lowest BCUT2D eigenvalue weighted by Crippen LogP contribution is -2.18. The van der Waals surface area contributed by atoms with Crippen molar-refractivity contribution in [1.29, 1.82) is 0 Å². The molecule has 0 aliphatic carbocycles. The van der Waals surface area contributed by atoms with Gasteiger partial charge in [0.15, 0.2) is 0 Å². The van der Waals surface area contributed by atoms with Crippen molar-refractivity contribution in [3.8, 4) is 11.1 Å². The predicted octanol–water partition coefficient (Wildman–Crippen LogP) is 8.29. The first kappa shape index (κ1) is 17.2. The molecule has 0 amide bonds. The molecule has 0 fully saturated rings. The van der Waals surface area contributed by atoms with Crippen molar-refractivity contribution in [1.82, 2.24) is 0 Å². The maximum atomic E-state index is 9.02. The van der Waals surface area contributed by atoms with Crippen LogP contribution >= 0.6 is 0 Å². The summed E-state index contributed by atoms with van der Waals surface area (Å²) in [5.74, 6) is 1.79. The van der Waals surface area contributed by atoms with Gasteiger partial charge in [0, 0.05) is 35.3 Å². The van der Waals surface area contributed by atoms with Gasteiger partial charge in [-0.05, 0) is 83.1 Å². The summed E-state index contributed by atoms with van der Waals surface area (Å²) in [7, 11) is 0. The Morgan fingerprint density at radius 3 is 0.786 bits per heavy atom. The average molecular weight is 389 g/mol. The van der Waals surface area contributed by atoms with Gasteiger partial charge in [-0.2, -0.15) is 0 Å². The molecular weight excluding hydrogens is 344 g/mol. The van der Waals surface area contributed by atoms with E-state index in [-0.39, 0.29) is 35.3 Å². The van der Waals surface area contributed by atoms with Gasteiger partial charge in [-0.15, -0.1) is 0 Å². The monoisotopic (exact) mass is 388 g/mol. The van der Waals surface area contributed by atoms with Gasteiger partial charge in [0.1, 0.15) is 0 Å². The van der Waals surface area contributed by atoms with Gasteiger partial charge in [0.25, 0.3) is 0 Å². The minimum absolute atomic E-state index is 0.0587. The molecule has 0 aliphatic rings. The van der Waals surface area contributed by atoms with Gasteiger partial charge in [-0.3, -0.25) is 0 Å². The third-order valence-electron chi connectivity index (χ3n) is 4.34. The second kappa shape index (κ2) is 6.97. The van der Waals surface area contributed by atoms with Crippen molar-refractivity contribution < 1.29 is 14.3 Å². The first-order valence-corrected chi connectivity index (χ1v) is 10.1. The number of hydrogen-bond donors (Lipinski definition) is 0. The molecule has 0 N–H and O–H groups in total. The molecule has 0 saturated heterocycles. The summed E-state index contributed by atoms with van der Waals surface area (Å²) in [4.78, 5) is 0. The van der Waals surface area contributed by atoms with E-state index in [1.54, 1.807) is 0 Å². The largest absolute Gasteiger partial charge is 0.335 e. The van der Waals surface area contributed by atoms with Crippen LogP contribution < -0.4 is 0 Å². The molecule has 0 aliphatic heterocycles. The van der Waals surface area contributed by atoms with Crippen molar-refractivity contribution in [2.24, 2.45) is 0 Å². The van der Waals surface area contributed by atoms with Crippen LogP contribution in [0.1, 0.15) is 112 Å². The molecule has 154 valence electrons. The zero-order valence-corrected chi connectivity index (χ0v) is 19.8. The Labute approximate surface area is 178 Å². The van der Waals surface area contributed by atoms with Crippen LogP contribution in [0.5, 0.6) is 0 Å². The van der Waals surface area contributed by atoms with Crippen molar-refractivity contribution >= 4 is 0 Å². The Kier molecular flexibility index (Phi) is 4.28. The maximum Gasteiger partial charge on any atom is 0.335 e. The molecule has 2 aromatic heterocycles. The van der Waals surface area contributed by atoms with E-state index in [9.17, 15) is 0 Å². The molecule has 2 heterocycles. The topological polar surface area (TPSA) is 22.6 Å². The minimum Gasteiger partial charge on any atom is -0.217 e. The summed E-state index contributed by atoms with van der Waals surface area (Å²) in [6.45, 7) is 23.6. The summed E-state index contributed by atoms with van der Waals surface area (Å²) in [5.41, 5.74) is -1.39. The Hall–Kier alpha value is -1.70. The minimum atomic E-state index is -0.483. The Morgan fingerprint density at radius 2 is 0.643 bits per heavy atom. The molecule has 2 heteroatoms. The van der Waals surface area contributed by atoms with E-state index < -0.39 is 21.7 Å². The molecular formula is C26H40O2+2. The maximum absolute atomic E-state index is 9.02. The van der Waals surface area contributed by atoms with E-state index in [1.165, 1.54) is 0 Å². The van der Waals surface area contributed by atoms with Gasteiger partial charge in [-0.1, -0.05) is 0 Å². The Morgan fingerprint density at radius 1 is 0.464 bits per heavy atom. The van der Waals surface area contributed by atoms with E-state index >= 15 is 0 Å². The fourth-order valence-corrected chi connectivity index (χ4v) is 2.44. The summed E-state index contributed by atoms with van der Waals surface area (Å²) in [6, 6.07) is 0.235. The highest BCUT2D eigenvalue weighted by atomic mass is 16.3. The molecule has 2 rings (SSSR count). The molecule has 0 bridgehead atoms. The van der Waals surface area contributed by atoms with Gasteiger partial charge >= 0.3 is 23.0 Å². The van der Waals surface area contributed by atoms with Crippen LogP contribution in [0.3, 0.4) is 0 Å². The van der Waals surface area contributed by atoms with Crippen LogP contribution in [0.4, 0.5) is 0 Å². The van der Waals surface area contributed by atoms with Crippen molar-refractivity contribution in [3.05, 3.63) is 47.2 Å². The molecule has 0 unspecified atom stereocenters. The fraction of sp³-hybridized carbons (Fsp3) is 0.615. The molecule has 0 aromatic carbocycles. The molecule has 28 heavy (non-hydrogen) atoms. The first-order chi connectivity index (χ1) is 14.1. The standard InChI is InChI=1S/C26H40O2/c1-23(2,3)19-13-17(14-20(27-19)24(4,5)6)18-15-21(25(7,8)9)28-22(16-18)26(10,11)12/h13-16H,1-12H3/q+2/i13D,14D,15D,16D. The Bertz CT molecular complexity index is 882. The first-order valence-electron chi connectivity index (χ1n) is 12.1.